The zero-order chi connectivity index (χ0) is 30.9. The van der Waals surface area contributed by atoms with E-state index in [9.17, 15) is 14.4 Å². The first kappa shape index (κ1) is 30.4. The number of hydrogen-bond acceptors (Lipinski definition) is 7. The van der Waals surface area contributed by atoms with E-state index >= 15 is 0 Å². The zero-order valence-corrected chi connectivity index (χ0v) is 26.7. The SMILES string of the molecule is CC(C)(C)OC(=O)N1CCOC[C@H]1c1cc(B2OC(C)(C)C(C)(C)O2)cc2c1CN(C(=O)N1CC3CCC1CC3=O)CC2. The summed E-state index contributed by atoms with van der Waals surface area (Å²) in [4.78, 5) is 45.3. The average molecular weight is 596 g/mol. The molecule has 0 aromatic heterocycles. The molecule has 3 atom stereocenters. The molecule has 0 radical (unpaired) electrons. The van der Waals surface area contributed by atoms with Gasteiger partial charge in [0.2, 0.25) is 0 Å². The van der Waals surface area contributed by atoms with Crippen molar-refractivity contribution in [1.82, 2.24) is 14.7 Å². The minimum absolute atomic E-state index is 0.00210. The molecule has 234 valence electrons. The Morgan fingerprint density at radius 1 is 1.02 bits per heavy atom. The van der Waals surface area contributed by atoms with Crippen LogP contribution in [-0.2, 0) is 36.5 Å². The maximum absolute atomic E-state index is 13.9. The van der Waals surface area contributed by atoms with Crippen molar-refractivity contribution in [2.24, 2.45) is 5.92 Å². The minimum Gasteiger partial charge on any atom is -0.444 e. The number of rotatable bonds is 2. The van der Waals surface area contributed by atoms with E-state index in [1.54, 1.807) is 4.90 Å². The van der Waals surface area contributed by atoms with Gasteiger partial charge in [0.15, 0.2) is 0 Å². The molecule has 10 nitrogen and oxygen atoms in total. The van der Waals surface area contributed by atoms with Gasteiger partial charge in [-0.1, -0.05) is 12.1 Å². The number of carbonyl (C=O) groups excluding carboxylic acids is 3. The van der Waals surface area contributed by atoms with Gasteiger partial charge < -0.3 is 28.6 Å². The lowest BCUT2D eigenvalue weighted by Gasteiger charge is -2.46. The summed E-state index contributed by atoms with van der Waals surface area (Å²) in [7, 11) is -0.561. The van der Waals surface area contributed by atoms with E-state index < -0.39 is 30.0 Å². The fraction of sp³-hybridized carbons (Fsp3) is 0.719. The lowest BCUT2D eigenvalue weighted by Crippen LogP contribution is -2.58. The second-order valence-corrected chi connectivity index (χ2v) is 14.8. The number of nitrogens with zero attached hydrogens (tertiary/aromatic N) is 3. The molecular formula is C32H46BN3O7. The first-order valence-electron chi connectivity index (χ1n) is 15.8. The van der Waals surface area contributed by atoms with Crippen LogP contribution in [0.15, 0.2) is 12.1 Å². The number of ketones is 1. The maximum Gasteiger partial charge on any atom is 0.494 e. The molecule has 3 amide bonds. The van der Waals surface area contributed by atoms with Gasteiger partial charge in [0.25, 0.3) is 0 Å². The molecule has 11 heteroatoms. The first-order valence-corrected chi connectivity index (χ1v) is 15.8. The van der Waals surface area contributed by atoms with Crippen molar-refractivity contribution in [3.8, 4) is 0 Å². The molecule has 1 aromatic rings. The van der Waals surface area contributed by atoms with Crippen molar-refractivity contribution < 1.29 is 33.2 Å². The van der Waals surface area contributed by atoms with Gasteiger partial charge in [-0.3, -0.25) is 9.69 Å². The molecule has 1 aromatic carbocycles. The Bertz CT molecular complexity index is 1290. The highest BCUT2D eigenvalue weighted by Crippen LogP contribution is 2.39. The van der Waals surface area contributed by atoms with Crippen LogP contribution in [0, 0.1) is 5.92 Å². The van der Waals surface area contributed by atoms with E-state index in [2.05, 4.69) is 12.1 Å². The standard InChI is InChI=1S/C32H46BN3O7/c1-30(2,3)41-29(39)35-12-13-40-19-26(35)24-15-22(33-42-31(4,5)32(6,7)43-33)14-20-10-11-34(18-25(20)24)28(38)36-17-21-8-9-23(36)16-27(21)37/h14-15,21,23,26H,8-13,16-19H2,1-7H3/t21?,23?,26-/m0/s1. The lowest BCUT2D eigenvalue weighted by molar-refractivity contribution is -0.131. The Labute approximate surface area is 255 Å². The summed E-state index contributed by atoms with van der Waals surface area (Å²) in [5.74, 6) is 0.257. The van der Waals surface area contributed by atoms with Crippen molar-refractivity contribution in [2.75, 3.05) is 32.8 Å². The van der Waals surface area contributed by atoms with Gasteiger partial charge in [0.1, 0.15) is 11.4 Å². The predicted molar refractivity (Wildman–Crippen MR) is 161 cm³/mol. The Morgan fingerprint density at radius 3 is 2.37 bits per heavy atom. The second-order valence-electron chi connectivity index (χ2n) is 14.8. The van der Waals surface area contributed by atoms with Crippen molar-refractivity contribution in [3.05, 3.63) is 28.8 Å². The number of morpholine rings is 1. The minimum atomic E-state index is -0.637. The van der Waals surface area contributed by atoms with E-state index in [-0.39, 0.29) is 24.1 Å². The molecule has 1 saturated carbocycles. The first-order chi connectivity index (χ1) is 20.1. The number of urea groups is 1. The van der Waals surface area contributed by atoms with Gasteiger partial charge in [-0.05, 0) is 89.9 Å². The molecule has 5 aliphatic heterocycles. The lowest BCUT2D eigenvalue weighted by atomic mass is 9.74. The molecule has 0 spiro atoms. The van der Waals surface area contributed by atoms with Gasteiger partial charge in [0, 0.05) is 44.6 Å². The molecule has 7 rings (SSSR count). The van der Waals surface area contributed by atoms with Crippen LogP contribution in [-0.4, -0.2) is 95.4 Å². The summed E-state index contributed by atoms with van der Waals surface area (Å²) in [6.45, 7) is 16.4. The highest BCUT2D eigenvalue weighted by atomic mass is 16.7. The smallest absolute Gasteiger partial charge is 0.444 e. The van der Waals surface area contributed by atoms with Crippen molar-refractivity contribution in [3.63, 3.8) is 0 Å². The number of Topliss-reactive ketones (excluding diaryl/α,β-unsaturated/α-hetero) is 1. The van der Waals surface area contributed by atoms with Crippen LogP contribution in [0.1, 0.15) is 90.5 Å². The molecule has 43 heavy (non-hydrogen) atoms. The summed E-state index contributed by atoms with van der Waals surface area (Å²) in [5.41, 5.74) is 2.35. The van der Waals surface area contributed by atoms with E-state index in [4.69, 9.17) is 18.8 Å². The molecule has 4 saturated heterocycles. The number of amides is 3. The third kappa shape index (κ3) is 5.68. The summed E-state index contributed by atoms with van der Waals surface area (Å²) < 4.78 is 24.7. The topological polar surface area (TPSA) is 97.8 Å². The Balaban J connectivity index is 1.35. The Hall–Kier alpha value is -2.63. The molecule has 5 heterocycles. The van der Waals surface area contributed by atoms with Gasteiger partial charge in [-0.2, -0.15) is 0 Å². The normalized spacial score (nSPS) is 28.3. The van der Waals surface area contributed by atoms with Crippen molar-refractivity contribution >= 4 is 30.5 Å². The van der Waals surface area contributed by atoms with Crippen LogP contribution in [0.2, 0.25) is 0 Å². The van der Waals surface area contributed by atoms with Crippen LogP contribution in [0.3, 0.4) is 0 Å². The molecule has 1 aliphatic carbocycles. The maximum atomic E-state index is 13.9. The van der Waals surface area contributed by atoms with E-state index in [1.807, 2.05) is 58.3 Å². The Kier molecular flexibility index (Phi) is 7.62. The van der Waals surface area contributed by atoms with E-state index in [1.165, 1.54) is 0 Å². The largest absolute Gasteiger partial charge is 0.494 e. The van der Waals surface area contributed by atoms with Gasteiger partial charge in [-0.25, -0.2) is 9.59 Å². The fourth-order valence-corrected chi connectivity index (χ4v) is 7.02. The number of piperidine rings is 2. The molecule has 2 bridgehead atoms. The van der Waals surface area contributed by atoms with Crippen LogP contribution in [0.25, 0.3) is 0 Å². The number of benzene rings is 1. The molecule has 0 N–H and O–H groups in total. The summed E-state index contributed by atoms with van der Waals surface area (Å²) in [6.07, 6.45) is 2.52. The summed E-state index contributed by atoms with van der Waals surface area (Å²) >= 11 is 0. The second kappa shape index (κ2) is 10.8. The van der Waals surface area contributed by atoms with Crippen molar-refractivity contribution in [1.29, 1.82) is 0 Å². The van der Waals surface area contributed by atoms with Crippen LogP contribution >= 0.6 is 0 Å². The van der Waals surface area contributed by atoms with Crippen LogP contribution in [0.4, 0.5) is 9.59 Å². The van der Waals surface area contributed by atoms with Crippen LogP contribution in [0.5, 0.6) is 0 Å². The number of ether oxygens (including phenoxy) is 2. The summed E-state index contributed by atoms with van der Waals surface area (Å²) in [5, 5.41) is 0. The monoisotopic (exact) mass is 595 g/mol. The average Bonchev–Trinajstić information content (AvgIpc) is 3.17. The highest BCUT2D eigenvalue weighted by Gasteiger charge is 2.52. The van der Waals surface area contributed by atoms with Gasteiger partial charge >= 0.3 is 19.2 Å². The third-order valence-corrected chi connectivity index (χ3v) is 10.2. The Morgan fingerprint density at radius 2 is 1.74 bits per heavy atom. The molecular weight excluding hydrogens is 549 g/mol. The third-order valence-electron chi connectivity index (χ3n) is 10.2. The molecule has 2 unspecified atom stereocenters. The van der Waals surface area contributed by atoms with E-state index in [0.29, 0.717) is 58.0 Å². The van der Waals surface area contributed by atoms with Crippen molar-refractivity contribution in [2.45, 2.75) is 110 Å². The van der Waals surface area contributed by atoms with Gasteiger partial charge in [0.05, 0.1) is 30.5 Å². The fourth-order valence-electron chi connectivity index (χ4n) is 7.02. The number of carbonyl (C=O) groups is 3. The zero-order valence-electron chi connectivity index (χ0n) is 26.7. The van der Waals surface area contributed by atoms with E-state index in [0.717, 1.165) is 35.0 Å². The highest BCUT2D eigenvalue weighted by molar-refractivity contribution is 6.62. The quantitative estimate of drug-likeness (QED) is 0.480. The summed E-state index contributed by atoms with van der Waals surface area (Å²) in [6, 6.07) is 3.82. The number of hydrogen-bond donors (Lipinski definition) is 0. The van der Waals surface area contributed by atoms with Gasteiger partial charge in [-0.15, -0.1) is 0 Å². The molecule has 6 aliphatic rings. The number of fused-ring (bicyclic) bond motifs is 4. The predicted octanol–water partition coefficient (Wildman–Crippen LogP) is 3.83. The molecule has 5 fully saturated rings. The van der Waals surface area contributed by atoms with Crippen LogP contribution < -0.4 is 5.46 Å².